The Kier molecular flexibility index (Phi) is 21.4. The second-order valence-corrected chi connectivity index (χ2v) is 12.7. The second kappa shape index (κ2) is 23.6. The maximum absolute atomic E-state index is 12.6. The van der Waals surface area contributed by atoms with Crippen LogP contribution in [0.15, 0.2) is 24.3 Å². The summed E-state index contributed by atoms with van der Waals surface area (Å²) in [7, 11) is -4.56. The Morgan fingerprint density at radius 2 is 1.02 bits per heavy atom. The largest absolute Gasteiger partial charge is 0.462 e. The number of rotatable bonds is 26. The van der Waals surface area contributed by atoms with Crippen LogP contribution in [0.3, 0.4) is 0 Å². The molecule has 1 aromatic rings. The zero-order valence-corrected chi connectivity index (χ0v) is 26.6. The molecule has 1 unspecified atom stereocenters. The van der Waals surface area contributed by atoms with Gasteiger partial charge in [0.05, 0.1) is 17.7 Å². The SMILES string of the molecule is CCCCCCCCCCCCCCCCCCCCCOC(=O)c1ccccc1C(=O)OC(CCC)S(=O)(=O)O. The Hall–Kier alpha value is -1.93. The molecule has 0 aliphatic heterocycles. The molecule has 1 aromatic carbocycles. The summed E-state index contributed by atoms with van der Waals surface area (Å²) in [6.07, 6.45) is 24.9. The third kappa shape index (κ3) is 18.3. The molecule has 8 heteroatoms. The number of carbonyl (C=O) groups is 2. The van der Waals surface area contributed by atoms with Crippen LogP contribution in [-0.2, 0) is 19.6 Å². The van der Waals surface area contributed by atoms with E-state index in [1.807, 2.05) is 0 Å². The van der Waals surface area contributed by atoms with Crippen molar-refractivity contribution in [2.75, 3.05) is 6.61 Å². The zero-order chi connectivity index (χ0) is 30.2. The molecule has 0 aromatic heterocycles. The molecule has 0 radical (unpaired) electrons. The quantitative estimate of drug-likeness (QED) is 0.0644. The van der Waals surface area contributed by atoms with Gasteiger partial charge >= 0.3 is 22.1 Å². The molecule has 0 aliphatic carbocycles. The summed E-state index contributed by atoms with van der Waals surface area (Å²) >= 11 is 0. The Bertz CT molecular complexity index is 929. The summed E-state index contributed by atoms with van der Waals surface area (Å²) in [5.74, 6) is -1.64. The number of esters is 2. The lowest BCUT2D eigenvalue weighted by atomic mass is 10.0. The van der Waals surface area contributed by atoms with Gasteiger partial charge in [-0.3, -0.25) is 4.55 Å². The van der Waals surface area contributed by atoms with Gasteiger partial charge in [0.25, 0.3) is 0 Å². The first-order valence-corrected chi connectivity index (χ1v) is 17.7. The molecule has 0 saturated carbocycles. The van der Waals surface area contributed by atoms with Gasteiger partial charge in [-0.15, -0.1) is 0 Å². The van der Waals surface area contributed by atoms with Gasteiger partial charge in [0.15, 0.2) is 0 Å². The van der Waals surface area contributed by atoms with Crippen LogP contribution in [0.1, 0.15) is 169 Å². The van der Waals surface area contributed by atoms with E-state index in [9.17, 15) is 22.6 Å². The minimum atomic E-state index is -4.56. The van der Waals surface area contributed by atoms with Gasteiger partial charge in [-0.1, -0.05) is 148 Å². The van der Waals surface area contributed by atoms with E-state index < -0.39 is 27.5 Å². The molecule has 0 amide bonds. The fourth-order valence-electron chi connectivity index (χ4n) is 4.95. The third-order valence-electron chi connectivity index (χ3n) is 7.44. The molecular formula is C33H56O7S. The fraction of sp³-hybridized carbons (Fsp3) is 0.758. The Morgan fingerprint density at radius 3 is 1.41 bits per heavy atom. The fourth-order valence-corrected chi connectivity index (χ4v) is 5.69. The molecule has 0 saturated heterocycles. The highest BCUT2D eigenvalue weighted by Gasteiger charge is 2.29. The topological polar surface area (TPSA) is 107 Å². The predicted molar refractivity (Wildman–Crippen MR) is 166 cm³/mol. The van der Waals surface area contributed by atoms with E-state index in [2.05, 4.69) is 6.92 Å². The maximum atomic E-state index is 12.6. The summed E-state index contributed by atoms with van der Waals surface area (Å²) in [6.45, 7) is 4.23. The van der Waals surface area contributed by atoms with Crippen molar-refractivity contribution in [3.8, 4) is 0 Å². The van der Waals surface area contributed by atoms with Crippen LogP contribution in [0.4, 0.5) is 0 Å². The van der Waals surface area contributed by atoms with Crippen molar-refractivity contribution in [1.29, 1.82) is 0 Å². The normalized spacial score (nSPS) is 12.3. The number of carbonyl (C=O) groups excluding carboxylic acids is 2. The van der Waals surface area contributed by atoms with Crippen molar-refractivity contribution < 1.29 is 32.0 Å². The Morgan fingerprint density at radius 1 is 0.634 bits per heavy atom. The van der Waals surface area contributed by atoms with Gasteiger partial charge in [-0.05, 0) is 18.6 Å². The summed E-state index contributed by atoms with van der Waals surface area (Å²) in [5.41, 5.74) is -1.75. The van der Waals surface area contributed by atoms with Gasteiger partial charge < -0.3 is 9.47 Å². The standard InChI is InChI=1S/C33H56O7S/c1-3-5-6-7-8-9-10-11-12-13-14-15-16-17-18-19-20-21-24-28-39-32(34)29-26-22-23-27-30(29)33(35)40-31(25-4-2)41(36,37)38/h22-23,26-27,31H,3-21,24-25,28H2,1-2H3,(H,36,37,38). The van der Waals surface area contributed by atoms with Crippen molar-refractivity contribution in [1.82, 2.24) is 0 Å². The zero-order valence-electron chi connectivity index (χ0n) is 25.7. The Labute approximate surface area is 249 Å². The number of benzene rings is 1. The highest BCUT2D eigenvalue weighted by atomic mass is 32.2. The van der Waals surface area contributed by atoms with Crippen molar-refractivity contribution in [3.05, 3.63) is 35.4 Å². The lowest BCUT2D eigenvalue weighted by Crippen LogP contribution is -2.27. The molecule has 236 valence electrons. The van der Waals surface area contributed by atoms with Crippen LogP contribution >= 0.6 is 0 Å². The van der Waals surface area contributed by atoms with Crippen LogP contribution in [0.5, 0.6) is 0 Å². The molecule has 0 heterocycles. The lowest BCUT2D eigenvalue weighted by Gasteiger charge is -2.15. The average Bonchev–Trinajstić information content (AvgIpc) is 2.95. The number of hydrogen-bond acceptors (Lipinski definition) is 6. The molecule has 0 fully saturated rings. The van der Waals surface area contributed by atoms with E-state index in [1.54, 1.807) is 19.1 Å². The molecule has 0 spiro atoms. The molecule has 41 heavy (non-hydrogen) atoms. The summed E-state index contributed by atoms with van der Waals surface area (Å²) < 4.78 is 42.7. The van der Waals surface area contributed by atoms with E-state index >= 15 is 0 Å². The first-order valence-electron chi connectivity index (χ1n) is 16.2. The molecule has 0 bridgehead atoms. The molecule has 1 N–H and O–H groups in total. The van der Waals surface area contributed by atoms with Crippen molar-refractivity contribution in [3.63, 3.8) is 0 Å². The summed E-state index contributed by atoms with van der Waals surface area (Å²) in [4.78, 5) is 25.1. The van der Waals surface area contributed by atoms with Gasteiger partial charge in [-0.2, -0.15) is 8.42 Å². The van der Waals surface area contributed by atoms with Gasteiger partial charge in [0, 0.05) is 6.42 Å². The van der Waals surface area contributed by atoms with E-state index in [0.717, 1.165) is 19.3 Å². The number of hydrogen-bond donors (Lipinski definition) is 1. The van der Waals surface area contributed by atoms with Crippen LogP contribution in [0.25, 0.3) is 0 Å². The van der Waals surface area contributed by atoms with Crippen LogP contribution in [0, 0.1) is 0 Å². The molecular weight excluding hydrogens is 540 g/mol. The first kappa shape index (κ1) is 37.1. The summed E-state index contributed by atoms with van der Waals surface area (Å²) in [6, 6.07) is 5.96. The molecule has 1 atom stereocenters. The van der Waals surface area contributed by atoms with Gasteiger partial charge in [-0.25, -0.2) is 9.59 Å². The number of ether oxygens (including phenoxy) is 2. The first-order chi connectivity index (χ1) is 19.8. The highest BCUT2D eigenvalue weighted by molar-refractivity contribution is 7.86. The van der Waals surface area contributed by atoms with Crippen LogP contribution < -0.4 is 0 Å². The average molecular weight is 597 g/mol. The predicted octanol–water partition coefficient (Wildman–Crippen LogP) is 9.45. The van der Waals surface area contributed by atoms with Crippen molar-refractivity contribution in [2.24, 2.45) is 0 Å². The van der Waals surface area contributed by atoms with E-state index in [0.29, 0.717) is 6.42 Å². The van der Waals surface area contributed by atoms with Crippen molar-refractivity contribution in [2.45, 2.75) is 154 Å². The molecule has 7 nitrogen and oxygen atoms in total. The minimum absolute atomic E-state index is 0.0147. The summed E-state index contributed by atoms with van der Waals surface area (Å²) in [5, 5.41) is 0. The second-order valence-electron chi connectivity index (χ2n) is 11.2. The monoisotopic (exact) mass is 596 g/mol. The van der Waals surface area contributed by atoms with Crippen LogP contribution in [0.2, 0.25) is 0 Å². The van der Waals surface area contributed by atoms with Gasteiger partial charge in [0.1, 0.15) is 0 Å². The number of unbranched alkanes of at least 4 members (excludes halogenated alkanes) is 18. The van der Waals surface area contributed by atoms with Gasteiger partial charge in [0.2, 0.25) is 5.44 Å². The van der Waals surface area contributed by atoms with E-state index in [4.69, 9.17) is 9.47 Å². The minimum Gasteiger partial charge on any atom is -0.462 e. The Balaban J connectivity index is 2.10. The molecule has 0 aliphatic rings. The highest BCUT2D eigenvalue weighted by Crippen LogP contribution is 2.18. The van der Waals surface area contributed by atoms with E-state index in [1.165, 1.54) is 115 Å². The maximum Gasteiger partial charge on any atom is 0.340 e. The molecule has 1 rings (SSSR count). The lowest BCUT2D eigenvalue weighted by molar-refractivity contribution is 0.0395. The van der Waals surface area contributed by atoms with Crippen molar-refractivity contribution >= 4 is 22.1 Å². The van der Waals surface area contributed by atoms with Crippen LogP contribution in [-0.4, -0.2) is 37.0 Å². The smallest absolute Gasteiger partial charge is 0.340 e. The third-order valence-corrected chi connectivity index (χ3v) is 8.44. The van der Waals surface area contributed by atoms with E-state index in [-0.39, 0.29) is 24.2 Å².